The van der Waals surface area contributed by atoms with Crippen LogP contribution in [0.4, 0.5) is 5.13 Å². The normalized spacial score (nSPS) is 10.7. The molecule has 0 aliphatic heterocycles. The number of hydrogen-bond acceptors (Lipinski definition) is 8. The van der Waals surface area contributed by atoms with Gasteiger partial charge in [0.05, 0.1) is 0 Å². The first-order valence-electron chi connectivity index (χ1n) is 7.30. The summed E-state index contributed by atoms with van der Waals surface area (Å²) in [5.74, 6) is 0.998. The van der Waals surface area contributed by atoms with Crippen molar-refractivity contribution in [2.45, 2.75) is 23.6 Å². The van der Waals surface area contributed by atoms with Gasteiger partial charge in [-0.25, -0.2) is 0 Å². The zero-order valence-corrected chi connectivity index (χ0v) is 14.6. The summed E-state index contributed by atoms with van der Waals surface area (Å²) in [5.41, 5.74) is 0.908. The van der Waals surface area contributed by atoms with Gasteiger partial charge < -0.3 is 9.84 Å². The van der Waals surface area contributed by atoms with Crippen LogP contribution in [0.15, 0.2) is 39.2 Å². The average Bonchev–Trinajstić information content (AvgIpc) is 3.25. The van der Waals surface area contributed by atoms with Gasteiger partial charge in [0.2, 0.25) is 22.8 Å². The van der Waals surface area contributed by atoms with E-state index < -0.39 is 0 Å². The van der Waals surface area contributed by atoms with Gasteiger partial charge in [0, 0.05) is 18.4 Å². The molecule has 0 aliphatic rings. The Morgan fingerprint density at radius 3 is 2.88 bits per heavy atom. The summed E-state index contributed by atoms with van der Waals surface area (Å²) in [5, 5.41) is 15.1. The van der Waals surface area contributed by atoms with Crippen molar-refractivity contribution in [3.05, 3.63) is 36.2 Å². The van der Waals surface area contributed by atoms with Crippen LogP contribution < -0.4 is 5.32 Å². The van der Waals surface area contributed by atoms with Crippen LogP contribution in [0.1, 0.15) is 18.7 Å². The first kappa shape index (κ1) is 16.6. The van der Waals surface area contributed by atoms with E-state index >= 15 is 0 Å². The number of rotatable bonds is 7. The quantitative estimate of drug-likeness (QED) is 0.510. The Labute approximate surface area is 146 Å². The molecule has 2 heterocycles. The first-order chi connectivity index (χ1) is 11.7. The number of aryl methyl sites for hydroxylation is 1. The third kappa shape index (κ3) is 4.39. The maximum Gasteiger partial charge on any atom is 0.226 e. The number of nitrogens with zero attached hydrogens (tertiary/aromatic N) is 4. The number of carbonyl (C=O) groups is 1. The van der Waals surface area contributed by atoms with E-state index in [1.54, 1.807) is 0 Å². The van der Waals surface area contributed by atoms with Crippen molar-refractivity contribution < 1.29 is 9.32 Å². The van der Waals surface area contributed by atoms with Gasteiger partial charge >= 0.3 is 0 Å². The summed E-state index contributed by atoms with van der Waals surface area (Å²) in [6.45, 7) is 0. The number of carbonyl (C=O) groups excluding carboxylic acids is 1. The third-order valence-corrected chi connectivity index (χ3v) is 4.94. The summed E-state index contributed by atoms with van der Waals surface area (Å²) < 4.78 is 6.04. The highest BCUT2D eigenvalue weighted by Gasteiger charge is 2.11. The van der Waals surface area contributed by atoms with Crippen molar-refractivity contribution in [2.24, 2.45) is 0 Å². The van der Waals surface area contributed by atoms with Crippen LogP contribution in [0.5, 0.6) is 0 Å². The number of benzene rings is 1. The summed E-state index contributed by atoms with van der Waals surface area (Å²) in [7, 11) is 0. The lowest BCUT2D eigenvalue weighted by molar-refractivity contribution is -0.116. The number of amides is 1. The van der Waals surface area contributed by atoms with Gasteiger partial charge in [0.15, 0.2) is 4.34 Å². The molecule has 0 atom stereocenters. The standard InChI is InChI=1S/C15H15N5O2S2/c1-23-15-19-18-14(24-15)16-11(21)8-5-9-12-17-13(20-22-12)10-6-3-2-4-7-10/h2-4,6-7H,5,8-9H2,1H3,(H,16,18,21). The smallest absolute Gasteiger partial charge is 0.226 e. The predicted molar refractivity (Wildman–Crippen MR) is 93.0 cm³/mol. The summed E-state index contributed by atoms with van der Waals surface area (Å²) in [6.07, 6.45) is 3.45. The van der Waals surface area contributed by atoms with E-state index in [0.29, 0.717) is 36.1 Å². The van der Waals surface area contributed by atoms with Gasteiger partial charge in [-0.1, -0.05) is 58.6 Å². The maximum absolute atomic E-state index is 11.9. The fourth-order valence-corrected chi connectivity index (χ4v) is 3.17. The van der Waals surface area contributed by atoms with E-state index in [0.717, 1.165) is 9.90 Å². The molecule has 7 nitrogen and oxygen atoms in total. The van der Waals surface area contributed by atoms with Crippen LogP contribution in [0.2, 0.25) is 0 Å². The Kier molecular flexibility index (Phi) is 5.55. The SMILES string of the molecule is CSc1nnc(NC(=O)CCCc2nc(-c3ccccc3)no2)s1. The zero-order chi connectivity index (χ0) is 16.8. The van der Waals surface area contributed by atoms with Gasteiger partial charge in [-0.05, 0) is 12.7 Å². The van der Waals surface area contributed by atoms with Gasteiger partial charge in [-0.2, -0.15) is 4.98 Å². The van der Waals surface area contributed by atoms with Crippen molar-refractivity contribution in [1.82, 2.24) is 20.3 Å². The molecule has 0 bridgehead atoms. The van der Waals surface area contributed by atoms with Crippen molar-refractivity contribution >= 4 is 34.1 Å². The average molecular weight is 361 g/mol. The minimum absolute atomic E-state index is 0.0957. The second kappa shape index (κ2) is 8.02. The number of anilines is 1. The Hall–Kier alpha value is -2.26. The summed E-state index contributed by atoms with van der Waals surface area (Å²) in [4.78, 5) is 16.2. The lowest BCUT2D eigenvalue weighted by Crippen LogP contribution is -2.11. The highest BCUT2D eigenvalue weighted by molar-refractivity contribution is 8.00. The van der Waals surface area contributed by atoms with Crippen LogP contribution in [-0.2, 0) is 11.2 Å². The zero-order valence-electron chi connectivity index (χ0n) is 12.9. The number of aromatic nitrogens is 4. The molecule has 0 saturated heterocycles. The van der Waals surface area contributed by atoms with Crippen LogP contribution in [0.3, 0.4) is 0 Å². The second-order valence-electron chi connectivity index (χ2n) is 4.86. The topological polar surface area (TPSA) is 93.8 Å². The van der Waals surface area contributed by atoms with Crippen LogP contribution in [0.25, 0.3) is 11.4 Å². The monoisotopic (exact) mass is 361 g/mol. The minimum Gasteiger partial charge on any atom is -0.339 e. The highest BCUT2D eigenvalue weighted by Crippen LogP contribution is 2.23. The van der Waals surface area contributed by atoms with Crippen molar-refractivity contribution in [1.29, 1.82) is 0 Å². The second-order valence-corrected chi connectivity index (χ2v) is 6.89. The van der Waals surface area contributed by atoms with Gasteiger partial charge in [-0.3, -0.25) is 4.79 Å². The van der Waals surface area contributed by atoms with Gasteiger partial charge in [0.1, 0.15) is 0 Å². The molecule has 1 aromatic carbocycles. The largest absolute Gasteiger partial charge is 0.339 e. The van der Waals surface area contributed by atoms with E-state index in [1.807, 2.05) is 36.6 Å². The van der Waals surface area contributed by atoms with E-state index in [2.05, 4.69) is 25.7 Å². The van der Waals surface area contributed by atoms with Crippen LogP contribution >= 0.6 is 23.1 Å². The lowest BCUT2D eigenvalue weighted by atomic mass is 10.2. The molecule has 9 heteroatoms. The first-order valence-corrected chi connectivity index (χ1v) is 9.34. The van der Waals surface area contributed by atoms with Gasteiger partial charge in [0.25, 0.3) is 0 Å². The molecule has 0 saturated carbocycles. The molecule has 3 rings (SSSR count). The molecule has 0 spiro atoms. The third-order valence-electron chi connectivity index (χ3n) is 3.12. The summed E-state index contributed by atoms with van der Waals surface area (Å²) >= 11 is 2.86. The molecule has 3 aromatic rings. The number of hydrogen-bond donors (Lipinski definition) is 1. The fraction of sp³-hybridized carbons (Fsp3) is 0.267. The molecule has 0 radical (unpaired) electrons. The molecule has 0 unspecified atom stereocenters. The Balaban J connectivity index is 1.46. The van der Waals surface area contributed by atoms with E-state index in [4.69, 9.17) is 4.52 Å². The van der Waals surface area contributed by atoms with Crippen molar-refractivity contribution in [2.75, 3.05) is 11.6 Å². The number of nitrogens with one attached hydrogen (secondary N) is 1. The molecular formula is C15H15N5O2S2. The molecule has 0 fully saturated rings. The Bertz CT molecular complexity index is 803. The fourth-order valence-electron chi connectivity index (χ4n) is 1.99. The Morgan fingerprint density at radius 1 is 1.29 bits per heavy atom. The van der Waals surface area contributed by atoms with Crippen molar-refractivity contribution in [3.63, 3.8) is 0 Å². The van der Waals surface area contributed by atoms with Gasteiger partial charge in [-0.15, -0.1) is 10.2 Å². The molecule has 124 valence electrons. The Morgan fingerprint density at radius 2 is 2.12 bits per heavy atom. The van der Waals surface area contributed by atoms with E-state index in [9.17, 15) is 4.79 Å². The molecule has 0 aliphatic carbocycles. The van der Waals surface area contributed by atoms with Crippen molar-refractivity contribution in [3.8, 4) is 11.4 Å². The molecular weight excluding hydrogens is 346 g/mol. The maximum atomic E-state index is 11.9. The van der Waals surface area contributed by atoms with Crippen LogP contribution in [-0.4, -0.2) is 32.5 Å². The molecule has 24 heavy (non-hydrogen) atoms. The molecule has 1 amide bonds. The minimum atomic E-state index is -0.0957. The van der Waals surface area contributed by atoms with E-state index in [1.165, 1.54) is 23.1 Å². The highest BCUT2D eigenvalue weighted by atomic mass is 32.2. The number of thioether (sulfide) groups is 1. The summed E-state index contributed by atoms with van der Waals surface area (Å²) in [6, 6.07) is 9.63. The van der Waals surface area contributed by atoms with E-state index in [-0.39, 0.29) is 5.91 Å². The van der Waals surface area contributed by atoms with Crippen LogP contribution in [0, 0.1) is 0 Å². The lowest BCUT2D eigenvalue weighted by Gasteiger charge is -1.99. The molecule has 2 aromatic heterocycles. The molecule has 1 N–H and O–H groups in total. The predicted octanol–water partition coefficient (Wildman–Crippen LogP) is 3.27.